The lowest BCUT2D eigenvalue weighted by Gasteiger charge is -2.40. The molecule has 4 nitrogen and oxygen atoms in total. The number of hydrogen-bond donors (Lipinski definition) is 1. The van der Waals surface area contributed by atoms with Crippen molar-refractivity contribution in [3.63, 3.8) is 0 Å². The molecule has 2 unspecified atom stereocenters. The third kappa shape index (κ3) is 4.87. The van der Waals surface area contributed by atoms with E-state index in [2.05, 4.69) is 48.6 Å². The molecule has 1 N–H and O–H groups in total. The van der Waals surface area contributed by atoms with Crippen LogP contribution in [0.15, 0.2) is 54.6 Å². The Morgan fingerprint density at radius 1 is 0.966 bits per heavy atom. The van der Waals surface area contributed by atoms with Crippen LogP contribution in [-0.4, -0.2) is 29.8 Å². The third-order valence-electron chi connectivity index (χ3n) is 6.14. The van der Waals surface area contributed by atoms with Crippen molar-refractivity contribution >= 4 is 11.8 Å². The van der Waals surface area contributed by atoms with Crippen LogP contribution in [0.3, 0.4) is 0 Å². The molecule has 1 heterocycles. The lowest BCUT2D eigenvalue weighted by atomic mass is 9.87. The van der Waals surface area contributed by atoms with Crippen LogP contribution in [0.5, 0.6) is 0 Å². The zero-order valence-corrected chi connectivity index (χ0v) is 17.1. The summed E-state index contributed by atoms with van der Waals surface area (Å²) >= 11 is 0. The third-order valence-corrected chi connectivity index (χ3v) is 6.14. The molecule has 1 saturated heterocycles. The first-order chi connectivity index (χ1) is 14.1. The molecule has 0 bridgehead atoms. The Labute approximate surface area is 173 Å². The van der Waals surface area contributed by atoms with Crippen molar-refractivity contribution in [2.75, 3.05) is 13.1 Å². The predicted molar refractivity (Wildman–Crippen MR) is 114 cm³/mol. The minimum Gasteiger partial charge on any atom is -0.355 e. The van der Waals surface area contributed by atoms with Crippen LogP contribution < -0.4 is 5.32 Å². The maximum Gasteiger partial charge on any atom is 0.226 e. The summed E-state index contributed by atoms with van der Waals surface area (Å²) in [6.45, 7) is 3.25. The van der Waals surface area contributed by atoms with Gasteiger partial charge < -0.3 is 10.2 Å². The van der Waals surface area contributed by atoms with Gasteiger partial charge in [-0.2, -0.15) is 0 Å². The summed E-state index contributed by atoms with van der Waals surface area (Å²) < 4.78 is 0. The highest BCUT2D eigenvalue weighted by molar-refractivity contribution is 5.84. The molecule has 1 aliphatic carbocycles. The van der Waals surface area contributed by atoms with E-state index in [1.165, 1.54) is 16.7 Å². The van der Waals surface area contributed by atoms with E-state index in [0.717, 1.165) is 32.1 Å². The maximum absolute atomic E-state index is 13.0. The number of amides is 2. The van der Waals surface area contributed by atoms with E-state index in [0.29, 0.717) is 13.1 Å². The molecule has 29 heavy (non-hydrogen) atoms. The summed E-state index contributed by atoms with van der Waals surface area (Å²) in [7, 11) is 0. The number of nitrogens with zero attached hydrogens (tertiary/aromatic N) is 1. The van der Waals surface area contributed by atoms with Gasteiger partial charge in [-0.15, -0.1) is 0 Å². The van der Waals surface area contributed by atoms with Crippen molar-refractivity contribution in [3.05, 3.63) is 71.3 Å². The van der Waals surface area contributed by atoms with Crippen LogP contribution in [0.25, 0.3) is 0 Å². The van der Waals surface area contributed by atoms with E-state index < -0.39 is 0 Å². The van der Waals surface area contributed by atoms with Gasteiger partial charge in [-0.25, -0.2) is 0 Å². The molecule has 152 valence electrons. The van der Waals surface area contributed by atoms with Crippen LogP contribution in [0.4, 0.5) is 0 Å². The van der Waals surface area contributed by atoms with Gasteiger partial charge in [-0.3, -0.25) is 9.59 Å². The summed E-state index contributed by atoms with van der Waals surface area (Å²) in [5.41, 5.74) is 3.63. The van der Waals surface area contributed by atoms with Crippen molar-refractivity contribution in [3.8, 4) is 0 Å². The van der Waals surface area contributed by atoms with E-state index in [-0.39, 0.29) is 29.7 Å². The highest BCUT2D eigenvalue weighted by Gasteiger charge is 2.41. The number of piperidine rings is 1. The smallest absolute Gasteiger partial charge is 0.226 e. The van der Waals surface area contributed by atoms with Gasteiger partial charge in [0.15, 0.2) is 0 Å². The molecular weight excluding hydrogens is 360 g/mol. The molecule has 2 aromatic carbocycles. The number of benzene rings is 2. The second kappa shape index (κ2) is 8.81. The van der Waals surface area contributed by atoms with Crippen molar-refractivity contribution in [2.45, 2.75) is 45.1 Å². The summed E-state index contributed by atoms with van der Waals surface area (Å²) in [4.78, 5) is 27.8. The van der Waals surface area contributed by atoms with E-state index >= 15 is 0 Å². The number of rotatable bonds is 6. The molecule has 1 saturated carbocycles. The molecule has 4 rings (SSSR count). The van der Waals surface area contributed by atoms with Crippen LogP contribution >= 0.6 is 0 Å². The van der Waals surface area contributed by atoms with Gasteiger partial charge in [-0.1, -0.05) is 60.2 Å². The van der Waals surface area contributed by atoms with Crippen LogP contribution in [-0.2, 0) is 16.0 Å². The number of likely N-dealkylation sites (tertiary alicyclic amines) is 1. The fourth-order valence-corrected chi connectivity index (χ4v) is 4.34. The number of aryl methyl sites for hydroxylation is 1. The Morgan fingerprint density at radius 2 is 1.72 bits per heavy atom. The highest BCUT2D eigenvalue weighted by Crippen LogP contribution is 2.39. The van der Waals surface area contributed by atoms with Crippen LogP contribution in [0.1, 0.15) is 48.4 Å². The van der Waals surface area contributed by atoms with Gasteiger partial charge in [0.25, 0.3) is 0 Å². The van der Waals surface area contributed by atoms with Gasteiger partial charge in [0.1, 0.15) is 0 Å². The van der Waals surface area contributed by atoms with Crippen LogP contribution in [0, 0.1) is 18.8 Å². The summed E-state index contributed by atoms with van der Waals surface area (Å²) in [5.74, 6) is 0.368. The Kier molecular flexibility index (Phi) is 5.98. The largest absolute Gasteiger partial charge is 0.355 e. The number of carbonyl (C=O) groups excluding carboxylic acids is 2. The standard InChI is InChI=1S/C25H30N2O2/c1-18-6-5-9-21(16-18)23-13-12-22(17-27(23)25(29)20-10-11-20)24(28)26-15-14-19-7-3-2-4-8-19/h2-9,16,20,22-23H,10-15,17H2,1H3,(H,26,28). The van der Waals surface area contributed by atoms with Gasteiger partial charge in [-0.05, 0) is 50.2 Å². The molecular formula is C25H30N2O2. The topological polar surface area (TPSA) is 49.4 Å². The summed E-state index contributed by atoms with van der Waals surface area (Å²) in [5, 5.41) is 3.09. The lowest BCUT2D eigenvalue weighted by molar-refractivity contribution is -0.140. The SMILES string of the molecule is Cc1cccc(C2CCC(C(=O)NCCc3ccccc3)CN2C(=O)C2CC2)c1. The lowest BCUT2D eigenvalue weighted by Crippen LogP contribution is -2.47. The van der Waals surface area contributed by atoms with Crippen LogP contribution in [0.2, 0.25) is 0 Å². The van der Waals surface area contributed by atoms with Gasteiger partial charge in [0.05, 0.1) is 12.0 Å². The Bertz CT molecular complexity index is 860. The predicted octanol–water partition coefficient (Wildman–Crippen LogP) is 4.04. The van der Waals surface area contributed by atoms with Gasteiger partial charge in [0, 0.05) is 19.0 Å². The zero-order valence-electron chi connectivity index (χ0n) is 17.1. The number of nitrogens with one attached hydrogen (secondary N) is 1. The van der Waals surface area contributed by atoms with Crippen molar-refractivity contribution in [2.24, 2.45) is 11.8 Å². The molecule has 1 aliphatic heterocycles. The fraction of sp³-hybridized carbons (Fsp3) is 0.440. The van der Waals surface area contributed by atoms with E-state index in [9.17, 15) is 9.59 Å². The molecule has 0 spiro atoms. The Balaban J connectivity index is 1.40. The van der Waals surface area contributed by atoms with E-state index in [1.807, 2.05) is 23.1 Å². The average molecular weight is 391 g/mol. The van der Waals surface area contributed by atoms with Gasteiger partial charge >= 0.3 is 0 Å². The van der Waals surface area contributed by atoms with Gasteiger partial charge in [0.2, 0.25) is 11.8 Å². The minimum absolute atomic E-state index is 0.0808. The maximum atomic E-state index is 13.0. The number of carbonyl (C=O) groups is 2. The quantitative estimate of drug-likeness (QED) is 0.809. The van der Waals surface area contributed by atoms with Crippen molar-refractivity contribution < 1.29 is 9.59 Å². The monoisotopic (exact) mass is 390 g/mol. The second-order valence-corrected chi connectivity index (χ2v) is 8.50. The minimum atomic E-state index is -0.116. The molecule has 2 atom stereocenters. The fourth-order valence-electron chi connectivity index (χ4n) is 4.34. The summed E-state index contributed by atoms with van der Waals surface area (Å²) in [6, 6.07) is 18.7. The van der Waals surface area contributed by atoms with E-state index in [4.69, 9.17) is 0 Å². The normalized spacial score (nSPS) is 21.6. The summed E-state index contributed by atoms with van der Waals surface area (Å²) in [6.07, 6.45) is 4.48. The van der Waals surface area contributed by atoms with Crippen molar-refractivity contribution in [1.29, 1.82) is 0 Å². The Morgan fingerprint density at radius 3 is 2.45 bits per heavy atom. The molecule has 2 fully saturated rings. The molecule has 0 radical (unpaired) electrons. The molecule has 2 aliphatic rings. The second-order valence-electron chi connectivity index (χ2n) is 8.50. The Hall–Kier alpha value is -2.62. The first-order valence-corrected chi connectivity index (χ1v) is 10.8. The molecule has 2 aromatic rings. The first-order valence-electron chi connectivity index (χ1n) is 10.8. The zero-order chi connectivity index (χ0) is 20.2. The average Bonchev–Trinajstić information content (AvgIpc) is 3.59. The molecule has 2 amide bonds. The molecule has 0 aromatic heterocycles. The van der Waals surface area contributed by atoms with Crippen molar-refractivity contribution in [1.82, 2.24) is 10.2 Å². The highest BCUT2D eigenvalue weighted by atomic mass is 16.2. The molecule has 4 heteroatoms. The first kappa shape index (κ1) is 19.7. The number of hydrogen-bond acceptors (Lipinski definition) is 2. The van der Waals surface area contributed by atoms with E-state index in [1.54, 1.807) is 0 Å².